The predicted molar refractivity (Wildman–Crippen MR) is 113 cm³/mol. The van der Waals surface area contributed by atoms with Crippen LogP contribution < -0.4 is 16.1 Å². The fourth-order valence-corrected chi connectivity index (χ4v) is 3.36. The van der Waals surface area contributed by atoms with Crippen LogP contribution in [0.15, 0.2) is 39.7 Å². The van der Waals surface area contributed by atoms with Gasteiger partial charge in [-0.2, -0.15) is 0 Å². The van der Waals surface area contributed by atoms with Crippen molar-refractivity contribution in [1.82, 2.24) is 10.6 Å². The molecule has 2 heterocycles. The Balaban J connectivity index is 1.74. The Morgan fingerprint density at radius 1 is 1.12 bits per heavy atom. The van der Waals surface area contributed by atoms with E-state index in [0.29, 0.717) is 5.58 Å². The largest absolute Gasteiger partial charge is 0.463 e. The van der Waals surface area contributed by atoms with E-state index < -0.39 is 53.9 Å². The van der Waals surface area contributed by atoms with E-state index in [1.807, 2.05) is 13.8 Å². The molecule has 172 valence electrons. The SMILES string of the molecule is CC(C)C[C@H](NC(=O)[C@H](CO)NC(=O)c1coc2ccccc2c1=O)C(=O)[C@@]1(CO)CO1. The van der Waals surface area contributed by atoms with E-state index in [1.165, 1.54) is 6.07 Å². The fourth-order valence-electron chi connectivity index (χ4n) is 3.36. The van der Waals surface area contributed by atoms with Crippen molar-refractivity contribution in [3.63, 3.8) is 0 Å². The molecule has 0 saturated carbocycles. The Hall–Kier alpha value is -3.08. The molecule has 1 saturated heterocycles. The van der Waals surface area contributed by atoms with Gasteiger partial charge in [-0.3, -0.25) is 19.2 Å². The highest BCUT2D eigenvalue weighted by molar-refractivity contribution is 6.01. The van der Waals surface area contributed by atoms with E-state index in [1.54, 1.807) is 18.2 Å². The van der Waals surface area contributed by atoms with Crippen molar-refractivity contribution >= 4 is 28.6 Å². The average molecular weight is 446 g/mol. The molecule has 1 aromatic heterocycles. The van der Waals surface area contributed by atoms with E-state index in [-0.39, 0.29) is 29.9 Å². The number of carbonyl (C=O) groups is 3. The summed E-state index contributed by atoms with van der Waals surface area (Å²) in [7, 11) is 0. The van der Waals surface area contributed by atoms with Gasteiger partial charge in [0.15, 0.2) is 11.4 Å². The van der Waals surface area contributed by atoms with Crippen molar-refractivity contribution in [1.29, 1.82) is 0 Å². The second kappa shape index (κ2) is 9.60. The lowest BCUT2D eigenvalue weighted by Crippen LogP contribution is -2.56. The van der Waals surface area contributed by atoms with E-state index in [2.05, 4.69) is 10.6 Å². The van der Waals surface area contributed by atoms with Crippen LogP contribution in [-0.4, -0.2) is 65.3 Å². The summed E-state index contributed by atoms with van der Waals surface area (Å²) in [4.78, 5) is 50.7. The molecule has 0 spiro atoms. The van der Waals surface area contributed by atoms with E-state index in [0.717, 1.165) is 6.26 Å². The molecular formula is C22H26N2O8. The van der Waals surface area contributed by atoms with Crippen LogP contribution in [0, 0.1) is 5.92 Å². The van der Waals surface area contributed by atoms with Gasteiger partial charge in [0.05, 0.1) is 31.2 Å². The number of rotatable bonds is 10. The molecule has 0 unspecified atom stereocenters. The first-order valence-electron chi connectivity index (χ1n) is 10.2. The molecule has 3 rings (SSSR count). The summed E-state index contributed by atoms with van der Waals surface area (Å²) in [5.74, 6) is -2.15. The monoisotopic (exact) mass is 446 g/mol. The average Bonchev–Trinajstić information content (AvgIpc) is 3.57. The summed E-state index contributed by atoms with van der Waals surface area (Å²) in [6.07, 6.45) is 1.27. The molecule has 10 nitrogen and oxygen atoms in total. The molecule has 4 N–H and O–H groups in total. The molecule has 1 fully saturated rings. The maximum atomic E-state index is 12.7. The zero-order valence-electron chi connectivity index (χ0n) is 17.8. The van der Waals surface area contributed by atoms with Crippen molar-refractivity contribution in [2.45, 2.75) is 38.0 Å². The van der Waals surface area contributed by atoms with Gasteiger partial charge in [0.2, 0.25) is 11.3 Å². The van der Waals surface area contributed by atoms with Crippen LogP contribution in [0.5, 0.6) is 0 Å². The minimum atomic E-state index is -1.42. The molecule has 2 aromatic rings. The minimum absolute atomic E-state index is 0.0307. The zero-order valence-corrected chi connectivity index (χ0v) is 17.8. The van der Waals surface area contributed by atoms with Crippen LogP contribution in [0.3, 0.4) is 0 Å². The van der Waals surface area contributed by atoms with Crippen molar-refractivity contribution < 1.29 is 33.8 Å². The van der Waals surface area contributed by atoms with E-state index in [9.17, 15) is 29.4 Å². The van der Waals surface area contributed by atoms with Gasteiger partial charge in [0, 0.05) is 0 Å². The topological polar surface area (TPSA) is 158 Å². The number of aliphatic hydroxyl groups excluding tert-OH is 2. The number of ketones is 1. The summed E-state index contributed by atoms with van der Waals surface area (Å²) < 4.78 is 10.4. The predicted octanol–water partition coefficient (Wildman–Crippen LogP) is -0.255. The first-order valence-corrected chi connectivity index (χ1v) is 10.2. The summed E-state index contributed by atoms with van der Waals surface area (Å²) in [5.41, 5.74) is -1.92. The first-order chi connectivity index (χ1) is 15.2. The number of hydrogen-bond acceptors (Lipinski definition) is 8. The molecular weight excluding hydrogens is 420 g/mol. The third-order valence-corrected chi connectivity index (χ3v) is 5.27. The highest BCUT2D eigenvalue weighted by Gasteiger charge is 2.54. The summed E-state index contributed by atoms with van der Waals surface area (Å²) in [6, 6.07) is 4.00. The molecule has 3 atom stereocenters. The standard InChI is InChI=1S/C22H26N2O8/c1-12(2)7-15(19(28)22(10-26)11-32-22)23-21(30)16(8-25)24-20(29)14-9-31-17-6-4-3-5-13(17)18(14)27/h3-6,9,12,15-16,25-26H,7-8,10-11H2,1-2H3,(H,23,30)(H,24,29)/t15-,16-,22+/m0/s1. The van der Waals surface area contributed by atoms with Gasteiger partial charge in [-0.05, 0) is 24.5 Å². The third-order valence-electron chi connectivity index (χ3n) is 5.27. The Bertz CT molecular complexity index is 1070. The zero-order chi connectivity index (χ0) is 23.5. The van der Waals surface area contributed by atoms with E-state index in [4.69, 9.17) is 9.15 Å². The van der Waals surface area contributed by atoms with Crippen molar-refractivity contribution in [3.05, 3.63) is 46.3 Å². The number of aliphatic hydroxyl groups is 2. The maximum Gasteiger partial charge on any atom is 0.259 e. The summed E-state index contributed by atoms with van der Waals surface area (Å²) in [6.45, 7) is 2.51. The van der Waals surface area contributed by atoms with Gasteiger partial charge in [-0.1, -0.05) is 26.0 Å². The van der Waals surface area contributed by atoms with Gasteiger partial charge in [0.1, 0.15) is 23.5 Å². The Labute approximate surface area is 183 Å². The number of epoxide rings is 1. The number of hydrogen-bond donors (Lipinski definition) is 4. The van der Waals surface area contributed by atoms with Crippen molar-refractivity contribution in [2.75, 3.05) is 19.8 Å². The van der Waals surface area contributed by atoms with Gasteiger partial charge in [-0.25, -0.2) is 0 Å². The number of Topliss-reactive ketones (excluding diaryl/α,β-unsaturated/α-hetero) is 1. The molecule has 0 radical (unpaired) electrons. The number of benzene rings is 1. The number of nitrogens with one attached hydrogen (secondary N) is 2. The fraction of sp³-hybridized carbons (Fsp3) is 0.455. The molecule has 1 aromatic carbocycles. The van der Waals surface area contributed by atoms with E-state index >= 15 is 0 Å². The highest BCUT2D eigenvalue weighted by atomic mass is 16.6. The summed E-state index contributed by atoms with van der Waals surface area (Å²) >= 11 is 0. The second-order valence-electron chi connectivity index (χ2n) is 8.18. The first kappa shape index (κ1) is 23.6. The third kappa shape index (κ3) is 4.87. The van der Waals surface area contributed by atoms with Crippen molar-refractivity contribution in [2.24, 2.45) is 5.92 Å². The number of amides is 2. The molecule has 32 heavy (non-hydrogen) atoms. The summed E-state index contributed by atoms with van der Waals surface area (Å²) in [5, 5.41) is 24.1. The normalized spacial score (nSPS) is 19.4. The van der Waals surface area contributed by atoms with Gasteiger partial charge in [-0.15, -0.1) is 0 Å². The number of para-hydroxylation sites is 1. The lowest BCUT2D eigenvalue weighted by Gasteiger charge is -2.24. The number of carbonyl (C=O) groups excluding carboxylic acids is 3. The van der Waals surface area contributed by atoms with Crippen LogP contribution in [0.2, 0.25) is 0 Å². The Kier molecular flexibility index (Phi) is 7.07. The lowest BCUT2D eigenvalue weighted by molar-refractivity contribution is -0.133. The van der Waals surface area contributed by atoms with Crippen LogP contribution >= 0.6 is 0 Å². The Morgan fingerprint density at radius 2 is 1.81 bits per heavy atom. The van der Waals surface area contributed by atoms with Crippen LogP contribution in [0.4, 0.5) is 0 Å². The second-order valence-corrected chi connectivity index (χ2v) is 8.18. The van der Waals surface area contributed by atoms with Crippen molar-refractivity contribution in [3.8, 4) is 0 Å². The van der Waals surface area contributed by atoms with Crippen LogP contribution in [0.25, 0.3) is 11.0 Å². The van der Waals surface area contributed by atoms with Crippen LogP contribution in [-0.2, 0) is 14.3 Å². The smallest absolute Gasteiger partial charge is 0.259 e. The number of fused-ring (bicyclic) bond motifs is 1. The van der Waals surface area contributed by atoms with Gasteiger partial charge >= 0.3 is 0 Å². The van der Waals surface area contributed by atoms with Gasteiger partial charge in [0.25, 0.3) is 5.91 Å². The molecule has 2 amide bonds. The van der Waals surface area contributed by atoms with Crippen LogP contribution in [0.1, 0.15) is 30.6 Å². The molecule has 0 aliphatic carbocycles. The quantitative estimate of drug-likeness (QED) is 0.364. The number of ether oxygens (including phenoxy) is 1. The lowest BCUT2D eigenvalue weighted by atomic mass is 9.92. The molecule has 1 aliphatic rings. The van der Waals surface area contributed by atoms with Gasteiger partial charge < -0.3 is 30.0 Å². The molecule has 0 bridgehead atoms. The minimum Gasteiger partial charge on any atom is -0.463 e. The molecule has 1 aliphatic heterocycles. The Morgan fingerprint density at radius 3 is 2.41 bits per heavy atom. The maximum absolute atomic E-state index is 12.7. The molecule has 10 heteroatoms. The highest BCUT2D eigenvalue weighted by Crippen LogP contribution is 2.30.